The summed E-state index contributed by atoms with van der Waals surface area (Å²) in [7, 11) is 3.99. The number of aromatic hydroxyl groups is 1. The highest BCUT2D eigenvalue weighted by Gasteiger charge is 2.35. The largest absolute Gasteiger partial charge is 0.503 e. The fourth-order valence-corrected chi connectivity index (χ4v) is 3.41. The molecule has 0 aliphatic carbocycles. The highest BCUT2D eigenvalue weighted by Crippen LogP contribution is 2.43. The lowest BCUT2D eigenvalue weighted by atomic mass is 9.83. The van der Waals surface area contributed by atoms with E-state index in [2.05, 4.69) is 15.9 Å². The average molecular weight is 440 g/mol. The predicted molar refractivity (Wildman–Crippen MR) is 102 cm³/mol. The van der Waals surface area contributed by atoms with Gasteiger partial charge in [-0.3, -0.25) is 0 Å². The van der Waals surface area contributed by atoms with Gasteiger partial charge in [-0.2, -0.15) is 0 Å². The number of hydrogen-bond acceptors (Lipinski definition) is 7. The lowest BCUT2D eigenvalue weighted by Gasteiger charge is -2.30. The molecule has 0 aromatic heterocycles. The first-order chi connectivity index (χ1) is 12.9. The summed E-state index contributed by atoms with van der Waals surface area (Å²) in [5, 5.41) is 10.1. The second kappa shape index (κ2) is 8.94. The maximum atomic E-state index is 12.5. The summed E-state index contributed by atoms with van der Waals surface area (Å²) < 4.78 is 15.4. The van der Waals surface area contributed by atoms with Crippen molar-refractivity contribution >= 4 is 27.9 Å². The van der Waals surface area contributed by atoms with Crippen molar-refractivity contribution in [3.63, 3.8) is 0 Å². The predicted octanol–water partition coefficient (Wildman–Crippen LogP) is 3.09. The van der Waals surface area contributed by atoms with Crippen molar-refractivity contribution in [3.05, 3.63) is 45.7 Å². The summed E-state index contributed by atoms with van der Waals surface area (Å²) in [6.45, 7) is 2.61. The van der Waals surface area contributed by atoms with Crippen molar-refractivity contribution in [2.24, 2.45) is 0 Å². The van der Waals surface area contributed by atoms with Crippen molar-refractivity contribution in [1.29, 1.82) is 0 Å². The van der Waals surface area contributed by atoms with Crippen LogP contribution in [0.2, 0.25) is 0 Å². The fourth-order valence-electron chi connectivity index (χ4n) is 2.95. The Morgan fingerprint density at radius 3 is 2.11 bits per heavy atom. The van der Waals surface area contributed by atoms with E-state index in [1.165, 1.54) is 21.3 Å². The summed E-state index contributed by atoms with van der Waals surface area (Å²) in [6, 6.07) is 3.21. The van der Waals surface area contributed by atoms with Crippen molar-refractivity contribution in [2.45, 2.75) is 19.3 Å². The highest BCUT2D eigenvalue weighted by molar-refractivity contribution is 9.10. The van der Waals surface area contributed by atoms with Crippen LogP contribution in [0.3, 0.4) is 0 Å². The van der Waals surface area contributed by atoms with Crippen LogP contribution in [0.1, 0.15) is 24.8 Å². The molecule has 1 aliphatic rings. The van der Waals surface area contributed by atoms with Gasteiger partial charge in [0.2, 0.25) is 0 Å². The number of carbonyl (C=O) groups excluding carboxylic acids is 2. The molecule has 7 nitrogen and oxygen atoms in total. The van der Waals surface area contributed by atoms with Gasteiger partial charge in [-0.05, 0) is 40.0 Å². The van der Waals surface area contributed by atoms with Crippen LogP contribution in [0, 0.1) is 0 Å². The van der Waals surface area contributed by atoms with Crippen LogP contribution >= 0.6 is 15.9 Å². The first-order valence-corrected chi connectivity index (χ1v) is 9.09. The zero-order chi connectivity index (χ0) is 20.1. The Kier molecular flexibility index (Phi) is 6.90. The Labute approximate surface area is 166 Å². The maximum Gasteiger partial charge on any atom is 0.336 e. The highest BCUT2D eigenvalue weighted by atomic mass is 79.9. The molecule has 0 unspecified atom stereocenters. The van der Waals surface area contributed by atoms with Crippen molar-refractivity contribution in [2.75, 3.05) is 27.9 Å². The number of rotatable bonds is 6. The Balaban J connectivity index is 2.68. The fraction of sp³-hybridized carbons (Fsp3) is 0.368. The standard InChI is InChI=1S/C19H22BrNO6/c1-5-6-21-9-12(18(23)26-3)16(13(10-21)19(24)27-4)11-7-14(20)17(22)15(8-11)25-2/h7-10,16,22H,5-6H2,1-4H3. The van der Waals surface area contributed by atoms with Gasteiger partial charge in [0, 0.05) is 18.9 Å². The summed E-state index contributed by atoms with van der Waals surface area (Å²) >= 11 is 3.28. The van der Waals surface area contributed by atoms with E-state index < -0.39 is 17.9 Å². The van der Waals surface area contributed by atoms with Crippen LogP contribution in [0.5, 0.6) is 11.5 Å². The lowest BCUT2D eigenvalue weighted by molar-refractivity contribution is -0.137. The van der Waals surface area contributed by atoms with Gasteiger partial charge in [-0.15, -0.1) is 0 Å². The molecule has 0 atom stereocenters. The molecule has 2 rings (SSSR count). The van der Waals surface area contributed by atoms with Crippen molar-refractivity contribution < 1.29 is 28.9 Å². The van der Waals surface area contributed by atoms with E-state index >= 15 is 0 Å². The molecule has 146 valence electrons. The number of halogens is 1. The molecule has 0 saturated heterocycles. The first-order valence-electron chi connectivity index (χ1n) is 8.30. The van der Waals surface area contributed by atoms with E-state index in [4.69, 9.17) is 14.2 Å². The summed E-state index contributed by atoms with van der Waals surface area (Å²) in [4.78, 5) is 26.7. The number of hydrogen-bond donors (Lipinski definition) is 1. The molecule has 0 saturated carbocycles. The first kappa shape index (κ1) is 20.8. The topological polar surface area (TPSA) is 85.3 Å². The second-order valence-electron chi connectivity index (χ2n) is 5.88. The number of ether oxygens (including phenoxy) is 3. The minimum Gasteiger partial charge on any atom is -0.503 e. The number of nitrogens with zero attached hydrogens (tertiary/aromatic N) is 1. The Morgan fingerprint density at radius 1 is 1.11 bits per heavy atom. The molecule has 8 heteroatoms. The van der Waals surface area contributed by atoms with Gasteiger partial charge in [-0.25, -0.2) is 9.59 Å². The monoisotopic (exact) mass is 439 g/mol. The van der Waals surface area contributed by atoms with Crippen LogP contribution in [-0.4, -0.2) is 49.8 Å². The molecule has 1 aromatic rings. The van der Waals surface area contributed by atoms with E-state index in [9.17, 15) is 14.7 Å². The summed E-state index contributed by atoms with van der Waals surface area (Å²) in [5.41, 5.74) is 1.14. The Hall–Kier alpha value is -2.48. The van der Waals surface area contributed by atoms with Gasteiger partial charge < -0.3 is 24.2 Å². The van der Waals surface area contributed by atoms with E-state index in [1.807, 2.05) is 6.92 Å². The van der Waals surface area contributed by atoms with E-state index in [0.717, 1.165) is 6.42 Å². The van der Waals surface area contributed by atoms with Gasteiger partial charge in [-0.1, -0.05) is 6.92 Å². The van der Waals surface area contributed by atoms with Crippen molar-refractivity contribution in [1.82, 2.24) is 4.90 Å². The van der Waals surface area contributed by atoms with Gasteiger partial charge in [0.25, 0.3) is 0 Å². The second-order valence-corrected chi connectivity index (χ2v) is 6.73. The molecule has 0 fully saturated rings. The molecule has 27 heavy (non-hydrogen) atoms. The molecule has 0 bridgehead atoms. The molecule has 0 amide bonds. The zero-order valence-corrected chi connectivity index (χ0v) is 17.2. The molecule has 1 aliphatic heterocycles. The average Bonchev–Trinajstić information content (AvgIpc) is 2.68. The Morgan fingerprint density at radius 2 is 1.67 bits per heavy atom. The third-order valence-electron chi connectivity index (χ3n) is 4.16. The van der Waals surface area contributed by atoms with Gasteiger partial charge in [0.15, 0.2) is 11.5 Å². The molecule has 1 heterocycles. The smallest absolute Gasteiger partial charge is 0.336 e. The maximum absolute atomic E-state index is 12.5. The van der Waals surface area contributed by atoms with Crippen LogP contribution in [-0.2, 0) is 19.1 Å². The minimum absolute atomic E-state index is 0.0723. The lowest BCUT2D eigenvalue weighted by Crippen LogP contribution is -2.29. The number of methoxy groups -OCH3 is 3. The van der Waals surface area contributed by atoms with Gasteiger partial charge in [0.05, 0.1) is 42.9 Å². The van der Waals surface area contributed by atoms with E-state index in [0.29, 0.717) is 16.6 Å². The normalized spacial score (nSPS) is 14.3. The summed E-state index contributed by atoms with van der Waals surface area (Å²) in [6.07, 6.45) is 4.15. The van der Waals surface area contributed by atoms with Crippen LogP contribution in [0.25, 0.3) is 0 Å². The molecular formula is C19H22BrNO6. The zero-order valence-electron chi connectivity index (χ0n) is 15.6. The van der Waals surface area contributed by atoms with E-state index in [-0.39, 0.29) is 22.6 Å². The third kappa shape index (κ3) is 4.27. The number of phenols is 1. The molecule has 0 radical (unpaired) electrons. The van der Waals surface area contributed by atoms with Gasteiger partial charge >= 0.3 is 11.9 Å². The number of phenolic OH excluding ortho intramolecular Hbond substituents is 1. The molecule has 0 spiro atoms. The Bertz CT molecular complexity index is 768. The molecule has 1 N–H and O–H groups in total. The number of benzene rings is 1. The molecular weight excluding hydrogens is 418 g/mol. The number of carbonyl (C=O) groups is 2. The van der Waals surface area contributed by atoms with E-state index in [1.54, 1.807) is 29.4 Å². The molecule has 1 aromatic carbocycles. The number of esters is 2. The van der Waals surface area contributed by atoms with Crippen molar-refractivity contribution in [3.8, 4) is 11.5 Å². The summed E-state index contributed by atoms with van der Waals surface area (Å²) in [5.74, 6) is -1.71. The van der Waals surface area contributed by atoms with Gasteiger partial charge in [0.1, 0.15) is 0 Å². The quantitative estimate of drug-likeness (QED) is 0.681. The minimum atomic E-state index is -0.733. The van der Waals surface area contributed by atoms with Crippen LogP contribution in [0.15, 0.2) is 40.2 Å². The van der Waals surface area contributed by atoms with Crippen LogP contribution in [0.4, 0.5) is 0 Å². The third-order valence-corrected chi connectivity index (χ3v) is 4.76. The SMILES string of the molecule is CCCN1C=C(C(=O)OC)C(c2cc(Br)c(O)c(OC)c2)C(C(=O)OC)=C1. The van der Waals surface area contributed by atoms with Crippen LogP contribution < -0.4 is 4.74 Å².